The lowest BCUT2D eigenvalue weighted by atomic mass is 10.1. The lowest BCUT2D eigenvalue weighted by Crippen LogP contribution is -2.11. The van der Waals surface area contributed by atoms with E-state index in [4.69, 9.17) is 43.6 Å². The maximum atomic E-state index is 12.7. The van der Waals surface area contributed by atoms with E-state index in [-0.39, 0.29) is 10.8 Å². The van der Waals surface area contributed by atoms with Crippen molar-refractivity contribution in [3.8, 4) is 22.5 Å². The molecule has 0 saturated heterocycles. The summed E-state index contributed by atoms with van der Waals surface area (Å²) in [5, 5.41) is 4.62. The number of furan rings is 1. The molecular formula is C26H14Cl3NO4. The normalized spacial score (nSPS) is 11.0. The third kappa shape index (κ3) is 4.33. The van der Waals surface area contributed by atoms with Crippen LogP contribution in [-0.2, 0) is 0 Å². The zero-order valence-electron chi connectivity index (χ0n) is 17.3. The Morgan fingerprint density at radius 1 is 0.735 bits per heavy atom. The van der Waals surface area contributed by atoms with Crippen LogP contribution in [0.3, 0.4) is 0 Å². The molecule has 0 bridgehead atoms. The van der Waals surface area contributed by atoms with Crippen LogP contribution in [0.25, 0.3) is 33.4 Å². The predicted octanol–water partition coefficient (Wildman–Crippen LogP) is 7.93. The van der Waals surface area contributed by atoms with E-state index in [1.54, 1.807) is 66.7 Å². The molecule has 0 fully saturated rings. The van der Waals surface area contributed by atoms with Crippen molar-refractivity contribution in [3.05, 3.63) is 110 Å². The molecule has 3 aromatic carbocycles. The van der Waals surface area contributed by atoms with Crippen LogP contribution < -0.4 is 10.9 Å². The van der Waals surface area contributed by atoms with Gasteiger partial charge in [-0.2, -0.15) is 0 Å². The Bertz CT molecular complexity index is 1620. The molecule has 168 valence electrons. The number of carbonyl (C=O) groups is 1. The third-order valence-corrected chi connectivity index (χ3v) is 6.24. The number of benzene rings is 3. The summed E-state index contributed by atoms with van der Waals surface area (Å²) < 4.78 is 11.1. The van der Waals surface area contributed by atoms with Crippen molar-refractivity contribution < 1.29 is 13.6 Å². The number of nitrogens with one attached hydrogen (secondary N) is 1. The van der Waals surface area contributed by atoms with Gasteiger partial charge in [0.05, 0.1) is 20.6 Å². The second-order valence-electron chi connectivity index (χ2n) is 7.43. The highest BCUT2D eigenvalue weighted by molar-refractivity contribution is 6.42. The van der Waals surface area contributed by atoms with Crippen molar-refractivity contribution >= 4 is 57.4 Å². The Kier molecular flexibility index (Phi) is 5.92. The zero-order chi connectivity index (χ0) is 23.8. The number of fused-ring (bicyclic) bond motifs is 1. The van der Waals surface area contributed by atoms with Crippen molar-refractivity contribution in [2.45, 2.75) is 0 Å². The van der Waals surface area contributed by atoms with Gasteiger partial charge in [-0.15, -0.1) is 0 Å². The van der Waals surface area contributed by atoms with Crippen molar-refractivity contribution in [1.29, 1.82) is 0 Å². The lowest BCUT2D eigenvalue weighted by Gasteiger charge is -2.08. The van der Waals surface area contributed by atoms with E-state index < -0.39 is 11.5 Å². The Morgan fingerprint density at radius 3 is 2.35 bits per heavy atom. The number of hydrogen-bond acceptors (Lipinski definition) is 4. The highest BCUT2D eigenvalue weighted by Crippen LogP contribution is 2.32. The van der Waals surface area contributed by atoms with E-state index in [2.05, 4.69) is 5.32 Å². The Labute approximate surface area is 208 Å². The van der Waals surface area contributed by atoms with Crippen molar-refractivity contribution in [3.63, 3.8) is 0 Å². The van der Waals surface area contributed by atoms with E-state index in [1.807, 2.05) is 12.1 Å². The van der Waals surface area contributed by atoms with Crippen molar-refractivity contribution in [2.75, 3.05) is 5.32 Å². The smallest absolute Gasteiger partial charge is 0.344 e. The van der Waals surface area contributed by atoms with Crippen LogP contribution in [0.5, 0.6) is 0 Å². The summed E-state index contributed by atoms with van der Waals surface area (Å²) >= 11 is 18.5. The summed E-state index contributed by atoms with van der Waals surface area (Å²) in [4.78, 5) is 25.2. The minimum Gasteiger partial charge on any atom is -0.451 e. The molecule has 0 aliphatic rings. The fourth-order valence-corrected chi connectivity index (χ4v) is 4.10. The first kappa shape index (κ1) is 22.3. The molecule has 0 aliphatic heterocycles. The molecule has 0 radical (unpaired) electrons. The largest absolute Gasteiger partial charge is 0.451 e. The monoisotopic (exact) mass is 509 g/mol. The SMILES string of the molecule is O=C(Nc1ccc(-c2cc3ccccc3oc2=O)c(Cl)c1)c1ccc(-c2ccc(Cl)c(Cl)c2)o1. The predicted molar refractivity (Wildman–Crippen MR) is 135 cm³/mol. The van der Waals surface area contributed by atoms with Gasteiger partial charge in [0, 0.05) is 22.2 Å². The van der Waals surface area contributed by atoms with Crippen LogP contribution in [0.1, 0.15) is 10.6 Å². The Balaban J connectivity index is 1.38. The molecule has 0 atom stereocenters. The number of halogens is 3. The van der Waals surface area contributed by atoms with Crippen LogP contribution >= 0.6 is 34.8 Å². The number of carbonyl (C=O) groups excluding carboxylic acids is 1. The van der Waals surface area contributed by atoms with E-state index in [9.17, 15) is 9.59 Å². The molecule has 5 nitrogen and oxygen atoms in total. The minimum atomic E-state index is -0.497. The first-order valence-corrected chi connectivity index (χ1v) is 11.2. The average Bonchev–Trinajstić information content (AvgIpc) is 3.31. The van der Waals surface area contributed by atoms with Gasteiger partial charge in [0.1, 0.15) is 11.3 Å². The molecular weight excluding hydrogens is 497 g/mol. The average molecular weight is 511 g/mol. The van der Waals surface area contributed by atoms with Crippen LogP contribution in [0, 0.1) is 0 Å². The molecule has 8 heteroatoms. The number of hydrogen-bond donors (Lipinski definition) is 1. The van der Waals surface area contributed by atoms with E-state index in [0.29, 0.717) is 43.8 Å². The van der Waals surface area contributed by atoms with Crippen LogP contribution in [-0.4, -0.2) is 5.91 Å². The number of rotatable bonds is 4. The number of amides is 1. The topological polar surface area (TPSA) is 72.5 Å². The second kappa shape index (κ2) is 9.03. The summed E-state index contributed by atoms with van der Waals surface area (Å²) in [6, 6.07) is 22.1. The van der Waals surface area contributed by atoms with Crippen molar-refractivity contribution in [2.24, 2.45) is 0 Å². The standard InChI is InChI=1S/C26H14Cl3NO4/c27-19-8-5-15(12-21(19)29)23-9-10-24(33-23)25(31)30-16-6-7-17(20(28)13-16)18-11-14-3-1-2-4-22(14)34-26(18)32/h1-13H,(H,30,31). The van der Waals surface area contributed by atoms with Gasteiger partial charge < -0.3 is 14.2 Å². The van der Waals surface area contributed by atoms with E-state index in [1.165, 1.54) is 0 Å². The Morgan fingerprint density at radius 2 is 1.56 bits per heavy atom. The fourth-order valence-electron chi connectivity index (χ4n) is 3.52. The molecule has 1 N–H and O–H groups in total. The molecule has 1 amide bonds. The third-order valence-electron chi connectivity index (χ3n) is 5.19. The quantitative estimate of drug-likeness (QED) is 0.249. The van der Waals surface area contributed by atoms with E-state index >= 15 is 0 Å². The van der Waals surface area contributed by atoms with Gasteiger partial charge in [-0.05, 0) is 54.6 Å². The molecule has 0 aliphatic carbocycles. The Hall–Kier alpha value is -3.51. The van der Waals surface area contributed by atoms with Gasteiger partial charge in [-0.3, -0.25) is 4.79 Å². The molecule has 5 aromatic rings. The van der Waals surface area contributed by atoms with Gasteiger partial charge in [0.25, 0.3) is 5.91 Å². The lowest BCUT2D eigenvalue weighted by molar-refractivity contribution is 0.0997. The molecule has 0 spiro atoms. The van der Waals surface area contributed by atoms with Gasteiger partial charge in [-0.25, -0.2) is 4.79 Å². The highest BCUT2D eigenvalue weighted by Gasteiger charge is 2.16. The van der Waals surface area contributed by atoms with E-state index in [0.717, 1.165) is 5.39 Å². The second-order valence-corrected chi connectivity index (χ2v) is 8.65. The maximum absolute atomic E-state index is 12.7. The summed E-state index contributed by atoms with van der Waals surface area (Å²) in [6.45, 7) is 0. The van der Waals surface area contributed by atoms with Crippen LogP contribution in [0.4, 0.5) is 5.69 Å². The van der Waals surface area contributed by atoms with Gasteiger partial charge >= 0.3 is 5.63 Å². The maximum Gasteiger partial charge on any atom is 0.344 e. The minimum absolute atomic E-state index is 0.108. The molecule has 2 heterocycles. The first-order chi connectivity index (χ1) is 16.4. The molecule has 2 aromatic heterocycles. The number of anilines is 1. The van der Waals surface area contributed by atoms with Gasteiger partial charge in [0.15, 0.2) is 5.76 Å². The fraction of sp³-hybridized carbons (Fsp3) is 0. The summed E-state index contributed by atoms with van der Waals surface area (Å²) in [6.07, 6.45) is 0. The molecule has 5 rings (SSSR count). The molecule has 34 heavy (non-hydrogen) atoms. The number of para-hydroxylation sites is 1. The summed E-state index contributed by atoms with van der Waals surface area (Å²) in [5.74, 6) is 0.122. The summed E-state index contributed by atoms with van der Waals surface area (Å²) in [7, 11) is 0. The van der Waals surface area contributed by atoms with Crippen LogP contribution in [0.2, 0.25) is 15.1 Å². The van der Waals surface area contributed by atoms with Gasteiger partial charge in [0.2, 0.25) is 0 Å². The summed E-state index contributed by atoms with van der Waals surface area (Å²) in [5.41, 5.74) is 1.96. The first-order valence-electron chi connectivity index (χ1n) is 10.1. The van der Waals surface area contributed by atoms with Gasteiger partial charge in [-0.1, -0.05) is 59.1 Å². The molecule has 0 unspecified atom stereocenters. The highest BCUT2D eigenvalue weighted by atomic mass is 35.5. The van der Waals surface area contributed by atoms with Crippen LogP contribution in [0.15, 0.2) is 92.5 Å². The zero-order valence-corrected chi connectivity index (χ0v) is 19.5. The van der Waals surface area contributed by atoms with Crippen molar-refractivity contribution in [1.82, 2.24) is 0 Å². The molecule has 0 saturated carbocycles.